The summed E-state index contributed by atoms with van der Waals surface area (Å²) < 4.78 is 26.6. The maximum atomic E-state index is 12.0. The normalized spacial score (nSPS) is 11.4. The molecule has 5 nitrogen and oxygen atoms in total. The first-order valence-corrected chi connectivity index (χ1v) is 7.56. The average Bonchev–Trinajstić information content (AvgIpc) is 2.71. The molecule has 0 atom stereocenters. The minimum Gasteiger partial charge on any atom is -0.397 e. The summed E-state index contributed by atoms with van der Waals surface area (Å²) in [5, 5.41) is 1.07. The Hall–Kier alpha value is -1.31. The van der Waals surface area contributed by atoms with Gasteiger partial charge >= 0.3 is 0 Å². The highest BCUT2D eigenvalue weighted by Crippen LogP contribution is 2.25. The summed E-state index contributed by atoms with van der Waals surface area (Å²) in [6.45, 7) is 1.74. The van der Waals surface area contributed by atoms with E-state index in [0.717, 1.165) is 11.3 Å². The third-order valence-electron chi connectivity index (χ3n) is 2.11. The van der Waals surface area contributed by atoms with Crippen molar-refractivity contribution in [3.05, 3.63) is 34.4 Å². The Morgan fingerprint density at radius 3 is 2.72 bits per heavy atom. The molecule has 0 aliphatic rings. The monoisotopic (exact) mass is 303 g/mol. The quantitative estimate of drug-likeness (QED) is 0.853. The van der Waals surface area contributed by atoms with Gasteiger partial charge in [0.15, 0.2) is 4.21 Å². The first kappa shape index (κ1) is 13.1. The molecule has 0 aliphatic heterocycles. The van der Waals surface area contributed by atoms with Crippen LogP contribution in [0.25, 0.3) is 0 Å². The molecule has 1 heterocycles. The number of nitrogens with zero attached hydrogens (tertiary/aromatic N) is 1. The maximum absolute atomic E-state index is 12.0. The van der Waals surface area contributed by atoms with E-state index in [2.05, 4.69) is 9.71 Å². The molecule has 0 fully saturated rings. The molecule has 2 rings (SSSR count). The molecule has 1 aromatic carbocycles. The summed E-state index contributed by atoms with van der Waals surface area (Å²) in [4.78, 5) is 3.91. The average molecular weight is 304 g/mol. The largest absolute Gasteiger partial charge is 0.397 e. The molecule has 8 heteroatoms. The third-order valence-corrected chi connectivity index (χ3v) is 5.21. The Bertz CT molecular complexity index is 682. The van der Waals surface area contributed by atoms with E-state index in [0.29, 0.717) is 21.4 Å². The Morgan fingerprint density at radius 2 is 2.17 bits per heavy atom. The summed E-state index contributed by atoms with van der Waals surface area (Å²) >= 11 is 6.86. The van der Waals surface area contributed by atoms with Crippen LogP contribution in [0.15, 0.2) is 28.6 Å². The van der Waals surface area contributed by atoms with Gasteiger partial charge in [-0.15, -0.1) is 11.3 Å². The second-order valence-electron chi connectivity index (χ2n) is 3.54. The van der Waals surface area contributed by atoms with Gasteiger partial charge in [0.1, 0.15) is 0 Å². The van der Waals surface area contributed by atoms with Crippen LogP contribution in [0.1, 0.15) is 5.01 Å². The van der Waals surface area contributed by atoms with E-state index in [9.17, 15) is 8.42 Å². The molecule has 96 valence electrons. The highest BCUT2D eigenvalue weighted by atomic mass is 35.5. The lowest BCUT2D eigenvalue weighted by Crippen LogP contribution is -2.11. The van der Waals surface area contributed by atoms with Gasteiger partial charge in [0.25, 0.3) is 10.0 Å². The topological polar surface area (TPSA) is 85.1 Å². The highest BCUT2D eigenvalue weighted by Gasteiger charge is 2.17. The van der Waals surface area contributed by atoms with Crippen molar-refractivity contribution in [2.24, 2.45) is 0 Å². The van der Waals surface area contributed by atoms with Gasteiger partial charge in [0, 0.05) is 0 Å². The molecule has 0 saturated heterocycles. The van der Waals surface area contributed by atoms with Crippen LogP contribution in [0.2, 0.25) is 5.02 Å². The van der Waals surface area contributed by atoms with Crippen LogP contribution in [0.5, 0.6) is 0 Å². The molecule has 0 aliphatic carbocycles. The Balaban J connectivity index is 2.30. The second kappa shape index (κ2) is 4.75. The minimum absolute atomic E-state index is 0.161. The van der Waals surface area contributed by atoms with E-state index in [1.807, 2.05) is 0 Å². The number of aromatic nitrogens is 1. The lowest BCUT2D eigenvalue weighted by atomic mass is 10.3. The summed E-state index contributed by atoms with van der Waals surface area (Å²) in [7, 11) is -3.61. The van der Waals surface area contributed by atoms with Gasteiger partial charge in [-0.25, -0.2) is 13.4 Å². The van der Waals surface area contributed by atoms with Gasteiger partial charge in [0.2, 0.25) is 0 Å². The fraction of sp³-hybridized carbons (Fsp3) is 0.100. The predicted octanol–water partition coefficient (Wildman–Crippen LogP) is 2.49. The molecule has 0 amide bonds. The number of nitrogens with one attached hydrogen (secondary N) is 1. The van der Waals surface area contributed by atoms with E-state index in [1.165, 1.54) is 18.3 Å². The molecular formula is C10H10ClN3O2S2. The lowest BCUT2D eigenvalue weighted by molar-refractivity contribution is 0.603. The van der Waals surface area contributed by atoms with Crippen LogP contribution in [0.4, 0.5) is 11.4 Å². The van der Waals surface area contributed by atoms with Crippen molar-refractivity contribution in [2.45, 2.75) is 11.1 Å². The van der Waals surface area contributed by atoms with Crippen molar-refractivity contribution in [1.29, 1.82) is 0 Å². The zero-order chi connectivity index (χ0) is 13.3. The fourth-order valence-corrected chi connectivity index (χ4v) is 3.55. The number of rotatable bonds is 3. The number of nitrogens with two attached hydrogens (primary N) is 1. The molecule has 3 N–H and O–H groups in total. The fourth-order valence-electron chi connectivity index (χ4n) is 1.28. The Kier molecular flexibility index (Phi) is 3.47. The number of aryl methyl sites for hydroxylation is 1. The zero-order valence-corrected chi connectivity index (χ0v) is 11.7. The van der Waals surface area contributed by atoms with Crippen LogP contribution < -0.4 is 10.5 Å². The van der Waals surface area contributed by atoms with Crippen molar-refractivity contribution in [3.8, 4) is 0 Å². The summed E-state index contributed by atoms with van der Waals surface area (Å²) in [5.41, 5.74) is 6.29. The van der Waals surface area contributed by atoms with E-state index < -0.39 is 10.0 Å². The van der Waals surface area contributed by atoms with E-state index in [-0.39, 0.29) is 4.21 Å². The molecule has 1 aromatic heterocycles. The number of hydrogen-bond donors (Lipinski definition) is 2. The van der Waals surface area contributed by atoms with E-state index >= 15 is 0 Å². The van der Waals surface area contributed by atoms with Crippen LogP contribution in [0, 0.1) is 6.92 Å². The maximum Gasteiger partial charge on any atom is 0.273 e. The van der Waals surface area contributed by atoms with E-state index in [1.54, 1.807) is 13.0 Å². The number of hydrogen-bond acceptors (Lipinski definition) is 5. The van der Waals surface area contributed by atoms with Crippen LogP contribution in [-0.4, -0.2) is 13.4 Å². The number of halogens is 1. The number of nitrogen functional groups attached to an aromatic ring is 1. The molecule has 0 bridgehead atoms. The Morgan fingerprint density at radius 1 is 1.44 bits per heavy atom. The summed E-state index contributed by atoms with van der Waals surface area (Å²) in [6.07, 6.45) is 1.32. The van der Waals surface area contributed by atoms with Crippen molar-refractivity contribution in [1.82, 2.24) is 4.98 Å². The third kappa shape index (κ3) is 2.74. The lowest BCUT2D eigenvalue weighted by Gasteiger charge is -2.07. The van der Waals surface area contributed by atoms with Crippen molar-refractivity contribution >= 4 is 44.3 Å². The number of thiazole rings is 1. The van der Waals surface area contributed by atoms with Crippen molar-refractivity contribution < 1.29 is 8.42 Å². The summed E-state index contributed by atoms with van der Waals surface area (Å²) in [5.74, 6) is 0. The van der Waals surface area contributed by atoms with Gasteiger partial charge in [-0.05, 0) is 25.1 Å². The first-order valence-electron chi connectivity index (χ1n) is 4.89. The number of sulfonamides is 1. The zero-order valence-electron chi connectivity index (χ0n) is 9.34. The van der Waals surface area contributed by atoms with Gasteiger partial charge in [0.05, 0.1) is 27.6 Å². The molecule has 0 saturated carbocycles. The molecule has 0 radical (unpaired) electrons. The van der Waals surface area contributed by atoms with Crippen molar-refractivity contribution in [2.75, 3.05) is 10.5 Å². The molecule has 0 unspecified atom stereocenters. The SMILES string of the molecule is Cc1ncc(S(=O)(=O)Nc2ccc(Cl)c(N)c2)s1. The summed E-state index contributed by atoms with van der Waals surface area (Å²) in [6, 6.07) is 4.55. The number of benzene rings is 1. The standard InChI is InChI=1S/C10H10ClN3O2S2/c1-6-13-5-10(17-6)18(15,16)14-7-2-3-8(11)9(12)4-7/h2-5,14H,12H2,1H3. The van der Waals surface area contributed by atoms with Crippen LogP contribution >= 0.6 is 22.9 Å². The van der Waals surface area contributed by atoms with Gasteiger partial charge in [-0.2, -0.15) is 0 Å². The van der Waals surface area contributed by atoms with Gasteiger partial charge in [-0.3, -0.25) is 4.72 Å². The van der Waals surface area contributed by atoms with Crippen LogP contribution in [-0.2, 0) is 10.0 Å². The molecular weight excluding hydrogens is 294 g/mol. The number of anilines is 2. The predicted molar refractivity (Wildman–Crippen MR) is 73.5 cm³/mol. The second-order valence-corrected chi connectivity index (χ2v) is 7.09. The van der Waals surface area contributed by atoms with Gasteiger partial charge in [-0.1, -0.05) is 11.6 Å². The van der Waals surface area contributed by atoms with Crippen LogP contribution in [0.3, 0.4) is 0 Å². The molecule has 0 spiro atoms. The smallest absolute Gasteiger partial charge is 0.273 e. The molecule has 2 aromatic rings. The Labute approximate surface area is 114 Å². The molecule has 18 heavy (non-hydrogen) atoms. The van der Waals surface area contributed by atoms with Gasteiger partial charge < -0.3 is 5.73 Å². The van der Waals surface area contributed by atoms with E-state index in [4.69, 9.17) is 17.3 Å². The van der Waals surface area contributed by atoms with Crippen molar-refractivity contribution in [3.63, 3.8) is 0 Å². The highest BCUT2D eigenvalue weighted by molar-refractivity contribution is 7.94. The minimum atomic E-state index is -3.61. The first-order chi connectivity index (χ1) is 8.38.